The van der Waals surface area contributed by atoms with E-state index in [0.29, 0.717) is 6.54 Å². The lowest BCUT2D eigenvalue weighted by Crippen LogP contribution is -2.30. The van der Waals surface area contributed by atoms with E-state index in [0.717, 1.165) is 18.2 Å². The van der Waals surface area contributed by atoms with Crippen LogP contribution in [0.5, 0.6) is 0 Å². The lowest BCUT2D eigenvalue weighted by Gasteiger charge is -2.28. The molecule has 0 radical (unpaired) electrons. The van der Waals surface area contributed by atoms with Crippen molar-refractivity contribution < 1.29 is 4.79 Å². The number of hydrogen-bond acceptors (Lipinski definition) is 5. The largest absolute Gasteiger partial charge is 0.359 e. The highest BCUT2D eigenvalue weighted by Gasteiger charge is 2.15. The monoisotopic (exact) mass is 264 g/mol. The number of carbonyl (C=O) groups is 1. The minimum Gasteiger partial charge on any atom is -0.359 e. The van der Waals surface area contributed by atoms with Gasteiger partial charge in [0, 0.05) is 26.7 Å². The van der Waals surface area contributed by atoms with Crippen LogP contribution < -0.4 is 9.80 Å². The number of ketones is 1. The normalized spacial score (nSPS) is 11.3. The van der Waals surface area contributed by atoms with Crippen molar-refractivity contribution in [1.82, 2.24) is 9.97 Å². The SMILES string of the molecule is CC(=O)CN(C)c1cc(N(C)CC(C)(C)C)ncn1. The summed E-state index contributed by atoms with van der Waals surface area (Å²) in [6, 6.07) is 1.91. The minimum atomic E-state index is 0.116. The van der Waals surface area contributed by atoms with Gasteiger partial charge in [-0.3, -0.25) is 4.79 Å². The maximum atomic E-state index is 11.1. The van der Waals surface area contributed by atoms with Gasteiger partial charge in [-0.1, -0.05) is 20.8 Å². The van der Waals surface area contributed by atoms with Crippen molar-refractivity contribution in [3.63, 3.8) is 0 Å². The summed E-state index contributed by atoms with van der Waals surface area (Å²) < 4.78 is 0. The molecule has 0 saturated heterocycles. The number of Topliss-reactive ketones (excluding diaryl/α,β-unsaturated/α-hetero) is 1. The molecule has 0 amide bonds. The van der Waals surface area contributed by atoms with Crippen LogP contribution in [0.15, 0.2) is 12.4 Å². The van der Waals surface area contributed by atoms with Gasteiger partial charge in [0.25, 0.3) is 0 Å². The Bertz CT molecular complexity index is 439. The first-order valence-corrected chi connectivity index (χ1v) is 6.43. The summed E-state index contributed by atoms with van der Waals surface area (Å²) >= 11 is 0. The number of aromatic nitrogens is 2. The molecule has 0 fully saturated rings. The third-order valence-corrected chi connectivity index (χ3v) is 2.59. The average Bonchev–Trinajstić information content (AvgIpc) is 2.26. The van der Waals surface area contributed by atoms with E-state index in [1.807, 2.05) is 25.1 Å². The maximum absolute atomic E-state index is 11.1. The van der Waals surface area contributed by atoms with Gasteiger partial charge in [0.15, 0.2) is 0 Å². The predicted molar refractivity (Wildman–Crippen MR) is 78.7 cm³/mol. The summed E-state index contributed by atoms with van der Waals surface area (Å²) in [5.74, 6) is 1.75. The zero-order valence-corrected chi connectivity index (χ0v) is 12.8. The lowest BCUT2D eigenvalue weighted by molar-refractivity contribution is -0.115. The van der Waals surface area contributed by atoms with Gasteiger partial charge in [-0.25, -0.2) is 9.97 Å². The number of likely N-dealkylation sites (N-methyl/N-ethyl adjacent to an activating group) is 1. The van der Waals surface area contributed by atoms with Crippen LogP contribution in [-0.2, 0) is 4.79 Å². The Hall–Kier alpha value is -1.65. The van der Waals surface area contributed by atoms with Crippen molar-refractivity contribution in [2.45, 2.75) is 27.7 Å². The highest BCUT2D eigenvalue weighted by Crippen LogP contribution is 2.20. The Morgan fingerprint density at radius 2 is 1.68 bits per heavy atom. The molecule has 1 aromatic rings. The molecule has 0 spiro atoms. The predicted octanol–water partition coefficient (Wildman–Crippen LogP) is 1.98. The van der Waals surface area contributed by atoms with Gasteiger partial charge < -0.3 is 9.80 Å². The van der Waals surface area contributed by atoms with Gasteiger partial charge in [0.1, 0.15) is 23.7 Å². The van der Waals surface area contributed by atoms with Gasteiger partial charge in [-0.2, -0.15) is 0 Å². The Morgan fingerprint density at radius 3 is 2.16 bits per heavy atom. The van der Waals surface area contributed by atoms with Crippen molar-refractivity contribution in [3.8, 4) is 0 Å². The Labute approximate surface area is 115 Å². The Kier molecular flexibility index (Phi) is 4.86. The van der Waals surface area contributed by atoms with Gasteiger partial charge in [0.2, 0.25) is 0 Å². The fourth-order valence-electron chi connectivity index (χ4n) is 1.96. The molecular weight excluding hydrogens is 240 g/mol. The average molecular weight is 264 g/mol. The zero-order chi connectivity index (χ0) is 14.6. The van der Waals surface area contributed by atoms with Crippen LogP contribution in [0.25, 0.3) is 0 Å². The Morgan fingerprint density at radius 1 is 1.16 bits per heavy atom. The van der Waals surface area contributed by atoms with E-state index >= 15 is 0 Å². The number of hydrogen-bond donors (Lipinski definition) is 0. The molecule has 1 heterocycles. The number of carbonyl (C=O) groups excluding carboxylic acids is 1. The van der Waals surface area contributed by atoms with Crippen molar-refractivity contribution in [2.75, 3.05) is 37.0 Å². The van der Waals surface area contributed by atoms with E-state index in [9.17, 15) is 4.79 Å². The van der Waals surface area contributed by atoms with E-state index in [4.69, 9.17) is 0 Å². The minimum absolute atomic E-state index is 0.116. The molecule has 0 aromatic carbocycles. The van der Waals surface area contributed by atoms with Gasteiger partial charge in [-0.05, 0) is 12.3 Å². The molecule has 0 atom stereocenters. The van der Waals surface area contributed by atoms with Crippen LogP contribution in [0.4, 0.5) is 11.6 Å². The van der Waals surface area contributed by atoms with E-state index in [1.165, 1.54) is 0 Å². The van der Waals surface area contributed by atoms with Crippen LogP contribution in [0.3, 0.4) is 0 Å². The lowest BCUT2D eigenvalue weighted by atomic mass is 9.96. The van der Waals surface area contributed by atoms with Crippen molar-refractivity contribution in [2.24, 2.45) is 5.41 Å². The highest BCUT2D eigenvalue weighted by atomic mass is 16.1. The smallest absolute Gasteiger partial charge is 0.149 e. The second kappa shape index (κ2) is 5.99. The molecule has 19 heavy (non-hydrogen) atoms. The topological polar surface area (TPSA) is 49.3 Å². The number of nitrogens with zero attached hydrogens (tertiary/aromatic N) is 4. The molecule has 106 valence electrons. The first-order chi connectivity index (χ1) is 8.69. The highest BCUT2D eigenvalue weighted by molar-refractivity contribution is 5.80. The first-order valence-electron chi connectivity index (χ1n) is 6.43. The molecule has 0 aliphatic heterocycles. The molecule has 5 heteroatoms. The summed E-state index contributed by atoms with van der Waals surface area (Å²) in [5.41, 5.74) is 0.200. The third-order valence-electron chi connectivity index (χ3n) is 2.59. The van der Waals surface area contributed by atoms with Gasteiger partial charge in [-0.15, -0.1) is 0 Å². The molecule has 0 aliphatic rings. The van der Waals surface area contributed by atoms with Crippen LogP contribution in [0.1, 0.15) is 27.7 Å². The second-order valence-corrected chi connectivity index (χ2v) is 6.21. The molecule has 0 N–H and O–H groups in total. The molecule has 0 aliphatic carbocycles. The van der Waals surface area contributed by atoms with Crippen molar-refractivity contribution in [1.29, 1.82) is 0 Å². The molecule has 1 aromatic heterocycles. The van der Waals surface area contributed by atoms with E-state index in [2.05, 4.69) is 35.6 Å². The summed E-state index contributed by atoms with van der Waals surface area (Å²) in [5, 5.41) is 0. The molecular formula is C14H24N4O. The third kappa shape index (κ3) is 5.24. The van der Waals surface area contributed by atoms with Crippen LogP contribution in [0, 0.1) is 5.41 Å². The summed E-state index contributed by atoms with van der Waals surface area (Å²) in [6.07, 6.45) is 1.54. The molecule has 5 nitrogen and oxygen atoms in total. The van der Waals surface area contributed by atoms with E-state index in [-0.39, 0.29) is 11.2 Å². The number of anilines is 2. The standard InChI is InChI=1S/C14H24N4O/c1-11(19)8-17(5)12-7-13(16-10-15-12)18(6)9-14(2,3)4/h7,10H,8-9H2,1-6H3. The molecule has 0 bridgehead atoms. The zero-order valence-electron chi connectivity index (χ0n) is 12.8. The second-order valence-electron chi connectivity index (χ2n) is 6.21. The van der Waals surface area contributed by atoms with Crippen LogP contribution in [-0.4, -0.2) is 42.9 Å². The van der Waals surface area contributed by atoms with E-state index in [1.54, 1.807) is 13.3 Å². The fourth-order valence-corrected chi connectivity index (χ4v) is 1.96. The number of rotatable bonds is 5. The van der Waals surface area contributed by atoms with Gasteiger partial charge >= 0.3 is 0 Å². The molecule has 0 unspecified atom stereocenters. The molecule has 1 rings (SSSR count). The first kappa shape index (κ1) is 15.4. The summed E-state index contributed by atoms with van der Waals surface area (Å²) in [4.78, 5) is 23.6. The van der Waals surface area contributed by atoms with Gasteiger partial charge in [0.05, 0.1) is 6.54 Å². The maximum Gasteiger partial charge on any atom is 0.149 e. The van der Waals surface area contributed by atoms with E-state index < -0.39 is 0 Å². The summed E-state index contributed by atoms with van der Waals surface area (Å²) in [7, 11) is 3.87. The summed E-state index contributed by atoms with van der Waals surface area (Å²) in [6.45, 7) is 9.40. The van der Waals surface area contributed by atoms with Crippen molar-refractivity contribution in [3.05, 3.63) is 12.4 Å². The fraction of sp³-hybridized carbons (Fsp3) is 0.643. The Balaban J connectivity index is 2.84. The quantitative estimate of drug-likeness (QED) is 0.814. The van der Waals surface area contributed by atoms with Crippen LogP contribution >= 0.6 is 0 Å². The van der Waals surface area contributed by atoms with Crippen LogP contribution in [0.2, 0.25) is 0 Å². The molecule has 0 saturated carbocycles. The van der Waals surface area contributed by atoms with Crippen molar-refractivity contribution >= 4 is 17.4 Å².